The van der Waals surface area contributed by atoms with Crippen LogP contribution in [0.25, 0.3) is 5.69 Å². The molecule has 1 aromatic carbocycles. The van der Waals surface area contributed by atoms with Crippen molar-refractivity contribution in [2.24, 2.45) is 0 Å². The average Bonchev–Trinajstić information content (AvgIpc) is 3.38. The Labute approximate surface area is 164 Å². The van der Waals surface area contributed by atoms with Crippen LogP contribution in [0.2, 0.25) is 0 Å². The molecule has 0 bridgehead atoms. The van der Waals surface area contributed by atoms with Gasteiger partial charge in [0, 0.05) is 18.8 Å². The summed E-state index contributed by atoms with van der Waals surface area (Å²) in [6.07, 6.45) is 6.18. The van der Waals surface area contributed by atoms with Crippen LogP contribution < -0.4 is 4.90 Å². The van der Waals surface area contributed by atoms with Gasteiger partial charge in [0.05, 0.1) is 18.8 Å². The number of para-hydroxylation sites is 1. The number of hydrogen-bond acceptors (Lipinski definition) is 4. The highest BCUT2D eigenvalue weighted by Gasteiger charge is 2.23. The van der Waals surface area contributed by atoms with E-state index in [1.807, 2.05) is 23.1 Å². The standard InChI is InChI=1S/C20H27N5OS/c26-19(24-13-7-8-14-24)16-27-20-22-21-18(15-23-11-5-2-6-12-23)25(20)17-9-3-1-4-10-17/h1,3-4,9-10H,2,5-8,11-16H2/p+1. The average molecular weight is 387 g/mol. The first-order valence-electron chi connectivity index (χ1n) is 10.0. The van der Waals surface area contributed by atoms with Crippen molar-refractivity contribution in [1.29, 1.82) is 0 Å². The van der Waals surface area contributed by atoms with Crippen LogP contribution in [-0.2, 0) is 11.3 Å². The highest BCUT2D eigenvalue weighted by molar-refractivity contribution is 7.99. The first-order chi connectivity index (χ1) is 13.3. The Kier molecular flexibility index (Phi) is 6.09. The van der Waals surface area contributed by atoms with Crippen molar-refractivity contribution in [1.82, 2.24) is 19.7 Å². The quantitative estimate of drug-likeness (QED) is 0.766. The van der Waals surface area contributed by atoms with Crippen LogP contribution in [0.1, 0.15) is 37.9 Å². The maximum atomic E-state index is 12.4. The van der Waals surface area contributed by atoms with Gasteiger partial charge in [0.1, 0.15) is 6.54 Å². The maximum absolute atomic E-state index is 12.4. The van der Waals surface area contributed by atoms with Gasteiger partial charge in [-0.2, -0.15) is 0 Å². The minimum Gasteiger partial charge on any atom is -0.342 e. The zero-order valence-electron chi connectivity index (χ0n) is 15.8. The van der Waals surface area contributed by atoms with Crippen molar-refractivity contribution in [2.45, 2.75) is 43.8 Å². The molecule has 27 heavy (non-hydrogen) atoms. The van der Waals surface area contributed by atoms with E-state index in [9.17, 15) is 4.79 Å². The van der Waals surface area contributed by atoms with Crippen molar-refractivity contribution in [3.05, 3.63) is 36.2 Å². The van der Waals surface area contributed by atoms with Crippen molar-refractivity contribution >= 4 is 17.7 Å². The second-order valence-corrected chi connectivity index (χ2v) is 8.38. The highest BCUT2D eigenvalue weighted by Crippen LogP contribution is 2.23. The molecule has 144 valence electrons. The first-order valence-corrected chi connectivity index (χ1v) is 11.0. The minimum atomic E-state index is 0.211. The third-order valence-electron chi connectivity index (χ3n) is 5.47. The molecule has 2 aromatic rings. The lowest BCUT2D eigenvalue weighted by Crippen LogP contribution is -3.11. The zero-order chi connectivity index (χ0) is 18.5. The molecule has 1 aromatic heterocycles. The molecule has 0 unspecified atom stereocenters. The molecule has 1 N–H and O–H groups in total. The number of thioether (sulfide) groups is 1. The summed E-state index contributed by atoms with van der Waals surface area (Å²) >= 11 is 1.51. The van der Waals surface area contributed by atoms with Crippen molar-refractivity contribution in [2.75, 3.05) is 31.9 Å². The number of piperidine rings is 1. The summed E-state index contributed by atoms with van der Waals surface area (Å²) in [5.41, 5.74) is 1.07. The first kappa shape index (κ1) is 18.5. The van der Waals surface area contributed by atoms with E-state index in [-0.39, 0.29) is 5.91 Å². The monoisotopic (exact) mass is 386 g/mol. The Balaban J connectivity index is 1.52. The van der Waals surface area contributed by atoms with E-state index in [0.717, 1.165) is 49.1 Å². The molecule has 0 spiro atoms. The maximum Gasteiger partial charge on any atom is 0.233 e. The van der Waals surface area contributed by atoms with Gasteiger partial charge in [-0.1, -0.05) is 30.0 Å². The fraction of sp³-hybridized carbons (Fsp3) is 0.550. The smallest absolute Gasteiger partial charge is 0.233 e. The van der Waals surface area contributed by atoms with E-state index in [1.165, 1.54) is 44.1 Å². The Bertz CT molecular complexity index is 751. The molecule has 2 saturated heterocycles. The summed E-state index contributed by atoms with van der Waals surface area (Å²) in [5, 5.41) is 9.78. The summed E-state index contributed by atoms with van der Waals surface area (Å²) in [6, 6.07) is 10.3. The summed E-state index contributed by atoms with van der Waals surface area (Å²) in [7, 11) is 0. The van der Waals surface area contributed by atoms with Crippen LogP contribution in [-0.4, -0.2) is 57.5 Å². The normalized spacial score (nSPS) is 18.1. The second-order valence-electron chi connectivity index (χ2n) is 7.43. The molecule has 4 rings (SSSR count). The second kappa shape index (κ2) is 8.89. The van der Waals surface area contributed by atoms with Gasteiger partial charge in [0.15, 0.2) is 11.0 Å². The predicted molar refractivity (Wildman–Crippen MR) is 106 cm³/mol. The molecule has 2 aliphatic rings. The van der Waals surface area contributed by atoms with Gasteiger partial charge >= 0.3 is 0 Å². The number of nitrogens with one attached hydrogen (secondary N) is 1. The summed E-state index contributed by atoms with van der Waals surface area (Å²) in [5.74, 6) is 1.64. The number of carbonyl (C=O) groups excluding carboxylic acids is 1. The van der Waals surface area contributed by atoms with Gasteiger partial charge in [0.25, 0.3) is 0 Å². The van der Waals surface area contributed by atoms with Crippen LogP contribution in [0, 0.1) is 0 Å². The summed E-state index contributed by atoms with van der Waals surface area (Å²) in [4.78, 5) is 16.0. The highest BCUT2D eigenvalue weighted by atomic mass is 32.2. The summed E-state index contributed by atoms with van der Waals surface area (Å²) in [6.45, 7) is 5.10. The van der Waals surface area contributed by atoms with Gasteiger partial charge in [0.2, 0.25) is 5.91 Å². The Morgan fingerprint density at radius 2 is 1.74 bits per heavy atom. The lowest BCUT2D eigenvalue weighted by molar-refractivity contribution is -0.919. The Hall–Kier alpha value is -1.86. The van der Waals surface area contributed by atoms with E-state index in [0.29, 0.717) is 5.75 Å². The minimum absolute atomic E-state index is 0.211. The third kappa shape index (κ3) is 4.52. The number of quaternary nitrogens is 1. The van der Waals surface area contributed by atoms with Gasteiger partial charge in [-0.3, -0.25) is 9.36 Å². The van der Waals surface area contributed by atoms with E-state index in [4.69, 9.17) is 0 Å². The Morgan fingerprint density at radius 3 is 2.48 bits per heavy atom. The number of rotatable bonds is 6. The molecule has 1 amide bonds. The van der Waals surface area contributed by atoms with E-state index in [2.05, 4.69) is 26.9 Å². The van der Waals surface area contributed by atoms with E-state index >= 15 is 0 Å². The fourth-order valence-electron chi connectivity index (χ4n) is 3.98. The fourth-order valence-corrected chi connectivity index (χ4v) is 4.85. The van der Waals surface area contributed by atoms with Crippen LogP contribution in [0.15, 0.2) is 35.5 Å². The van der Waals surface area contributed by atoms with Crippen molar-refractivity contribution in [3.8, 4) is 5.69 Å². The predicted octanol–water partition coefficient (Wildman–Crippen LogP) is 1.55. The largest absolute Gasteiger partial charge is 0.342 e. The number of likely N-dealkylation sites (tertiary alicyclic amines) is 2. The summed E-state index contributed by atoms with van der Waals surface area (Å²) < 4.78 is 2.14. The van der Waals surface area contributed by atoms with E-state index < -0.39 is 0 Å². The van der Waals surface area contributed by atoms with Gasteiger partial charge in [-0.15, -0.1) is 10.2 Å². The molecule has 0 aliphatic carbocycles. The molecule has 0 radical (unpaired) electrons. The van der Waals surface area contributed by atoms with Crippen molar-refractivity contribution < 1.29 is 9.69 Å². The zero-order valence-corrected chi connectivity index (χ0v) is 16.6. The molecular formula is C20H28N5OS+. The van der Waals surface area contributed by atoms with Gasteiger partial charge in [-0.25, -0.2) is 0 Å². The molecule has 2 fully saturated rings. The number of carbonyl (C=O) groups is 1. The van der Waals surface area contributed by atoms with Crippen LogP contribution >= 0.6 is 11.8 Å². The SMILES string of the molecule is O=C(CSc1nnc(C[NH+]2CCCCC2)n1-c1ccccc1)N1CCCC1. The van der Waals surface area contributed by atoms with E-state index in [1.54, 1.807) is 4.90 Å². The molecule has 3 heterocycles. The third-order valence-corrected chi connectivity index (χ3v) is 6.38. The number of aromatic nitrogens is 3. The van der Waals surface area contributed by atoms with Gasteiger partial charge in [-0.05, 0) is 44.2 Å². The van der Waals surface area contributed by atoms with Gasteiger partial charge < -0.3 is 9.80 Å². The van der Waals surface area contributed by atoms with Crippen LogP contribution in [0.4, 0.5) is 0 Å². The molecule has 6 nitrogen and oxygen atoms in total. The van der Waals surface area contributed by atoms with Crippen molar-refractivity contribution in [3.63, 3.8) is 0 Å². The molecule has 2 aliphatic heterocycles. The number of benzene rings is 1. The van der Waals surface area contributed by atoms with Crippen LogP contribution in [0.5, 0.6) is 0 Å². The topological polar surface area (TPSA) is 55.5 Å². The molecule has 7 heteroatoms. The molecule has 0 saturated carbocycles. The molecular weight excluding hydrogens is 358 g/mol. The number of amides is 1. The van der Waals surface area contributed by atoms with Crippen LogP contribution in [0.3, 0.4) is 0 Å². The Morgan fingerprint density at radius 1 is 1.00 bits per heavy atom. The number of nitrogens with zero attached hydrogens (tertiary/aromatic N) is 4. The molecule has 0 atom stereocenters. The lowest BCUT2D eigenvalue weighted by Gasteiger charge is -2.23. The lowest BCUT2D eigenvalue weighted by atomic mass is 10.1. The number of hydrogen-bond donors (Lipinski definition) is 1.